The molecular formula is C12H12FN3O3. The molecule has 0 radical (unpaired) electrons. The second-order valence-corrected chi connectivity index (χ2v) is 3.85. The van der Waals surface area contributed by atoms with E-state index in [0.29, 0.717) is 5.69 Å². The Hall–Kier alpha value is -2.28. The summed E-state index contributed by atoms with van der Waals surface area (Å²) in [5, 5.41) is 13.5. The molecule has 7 heteroatoms. The number of benzene rings is 1. The van der Waals surface area contributed by atoms with Crippen molar-refractivity contribution in [2.24, 2.45) is 0 Å². The van der Waals surface area contributed by atoms with Gasteiger partial charge in [0, 0.05) is 5.56 Å². The summed E-state index contributed by atoms with van der Waals surface area (Å²) in [5.41, 5.74) is 0.404. The molecule has 2 rings (SSSR count). The number of halogens is 1. The third kappa shape index (κ3) is 2.45. The van der Waals surface area contributed by atoms with Gasteiger partial charge >= 0.3 is 5.97 Å². The van der Waals surface area contributed by atoms with E-state index in [0.717, 1.165) is 0 Å². The molecule has 0 fully saturated rings. The van der Waals surface area contributed by atoms with Crippen LogP contribution in [0.25, 0.3) is 5.69 Å². The van der Waals surface area contributed by atoms with Crippen LogP contribution in [0.4, 0.5) is 4.39 Å². The molecule has 0 aliphatic rings. The van der Waals surface area contributed by atoms with Crippen LogP contribution in [0, 0.1) is 5.82 Å². The molecule has 0 spiro atoms. The minimum atomic E-state index is -1.01. The van der Waals surface area contributed by atoms with E-state index in [-0.39, 0.29) is 11.4 Å². The Labute approximate surface area is 108 Å². The molecule has 1 aromatic heterocycles. The summed E-state index contributed by atoms with van der Waals surface area (Å²) in [6, 6.07) is 4.29. The van der Waals surface area contributed by atoms with Gasteiger partial charge in [-0.15, -0.1) is 5.10 Å². The number of hydrogen-bond donors (Lipinski definition) is 1. The highest BCUT2D eigenvalue weighted by Crippen LogP contribution is 2.23. The fourth-order valence-electron chi connectivity index (χ4n) is 1.70. The van der Waals surface area contributed by atoms with E-state index in [4.69, 9.17) is 0 Å². The van der Waals surface area contributed by atoms with Gasteiger partial charge in [0.25, 0.3) is 5.82 Å². The molecular weight excluding hydrogens is 253 g/mol. The monoisotopic (exact) mass is 265 g/mol. The SMILES string of the molecule is COC(=O)c1ncn(-c2cccc(F)c2[C@@H](C)O)n1. The van der Waals surface area contributed by atoms with Gasteiger partial charge in [-0.25, -0.2) is 18.9 Å². The highest BCUT2D eigenvalue weighted by Gasteiger charge is 2.18. The van der Waals surface area contributed by atoms with E-state index < -0.39 is 17.9 Å². The highest BCUT2D eigenvalue weighted by molar-refractivity contribution is 5.84. The summed E-state index contributed by atoms with van der Waals surface area (Å²) < 4.78 is 19.4. The number of aromatic nitrogens is 3. The molecule has 1 aromatic carbocycles. The number of hydrogen-bond acceptors (Lipinski definition) is 5. The largest absolute Gasteiger partial charge is 0.463 e. The predicted molar refractivity (Wildman–Crippen MR) is 63.3 cm³/mol. The Kier molecular flexibility index (Phi) is 3.57. The van der Waals surface area contributed by atoms with Crippen molar-refractivity contribution in [1.29, 1.82) is 0 Å². The lowest BCUT2D eigenvalue weighted by molar-refractivity contribution is 0.0587. The lowest BCUT2D eigenvalue weighted by Crippen LogP contribution is -2.08. The first kappa shape index (κ1) is 13.2. The minimum Gasteiger partial charge on any atom is -0.463 e. The summed E-state index contributed by atoms with van der Waals surface area (Å²) in [7, 11) is 1.21. The molecule has 19 heavy (non-hydrogen) atoms. The first-order chi connectivity index (χ1) is 9.04. The van der Waals surface area contributed by atoms with E-state index in [1.54, 1.807) is 6.07 Å². The molecule has 1 atom stereocenters. The summed E-state index contributed by atoms with van der Waals surface area (Å²) in [5.74, 6) is -1.38. The van der Waals surface area contributed by atoms with E-state index in [1.807, 2.05) is 0 Å². The van der Waals surface area contributed by atoms with Crippen molar-refractivity contribution in [3.63, 3.8) is 0 Å². The Morgan fingerprint density at radius 3 is 2.89 bits per heavy atom. The van der Waals surface area contributed by atoms with Crippen LogP contribution < -0.4 is 0 Å². The highest BCUT2D eigenvalue weighted by atomic mass is 19.1. The predicted octanol–water partition coefficient (Wildman–Crippen LogP) is 1.25. The zero-order chi connectivity index (χ0) is 14.0. The molecule has 1 heterocycles. The Morgan fingerprint density at radius 1 is 1.53 bits per heavy atom. The van der Waals surface area contributed by atoms with Crippen molar-refractivity contribution in [2.75, 3.05) is 7.11 Å². The zero-order valence-electron chi connectivity index (χ0n) is 10.4. The number of aliphatic hydroxyl groups excluding tert-OH is 1. The van der Waals surface area contributed by atoms with Gasteiger partial charge < -0.3 is 9.84 Å². The maximum atomic E-state index is 13.7. The smallest absolute Gasteiger partial charge is 0.377 e. The Balaban J connectivity index is 2.50. The summed E-state index contributed by atoms with van der Waals surface area (Å²) in [4.78, 5) is 15.0. The van der Waals surface area contributed by atoms with Crippen LogP contribution in [0.1, 0.15) is 29.2 Å². The first-order valence-electron chi connectivity index (χ1n) is 5.51. The summed E-state index contributed by atoms with van der Waals surface area (Å²) >= 11 is 0. The lowest BCUT2D eigenvalue weighted by atomic mass is 10.1. The van der Waals surface area contributed by atoms with E-state index >= 15 is 0 Å². The standard InChI is InChI=1S/C12H12FN3O3/c1-7(17)10-8(13)4-3-5-9(10)16-6-14-11(15-16)12(18)19-2/h3-7,17H,1-2H3/t7-/m1/s1. The van der Waals surface area contributed by atoms with Gasteiger partial charge in [-0.3, -0.25) is 0 Å². The number of nitrogens with zero attached hydrogens (tertiary/aromatic N) is 3. The fourth-order valence-corrected chi connectivity index (χ4v) is 1.70. The van der Waals surface area contributed by atoms with E-state index in [9.17, 15) is 14.3 Å². The van der Waals surface area contributed by atoms with Crippen molar-refractivity contribution >= 4 is 5.97 Å². The maximum Gasteiger partial charge on any atom is 0.377 e. The van der Waals surface area contributed by atoms with Crippen LogP contribution >= 0.6 is 0 Å². The molecule has 100 valence electrons. The molecule has 0 aliphatic carbocycles. The number of esters is 1. The van der Waals surface area contributed by atoms with Gasteiger partial charge in [-0.1, -0.05) is 6.07 Å². The van der Waals surface area contributed by atoms with Gasteiger partial charge in [0.2, 0.25) is 0 Å². The van der Waals surface area contributed by atoms with Crippen LogP contribution in [-0.2, 0) is 4.74 Å². The minimum absolute atomic E-state index is 0.0869. The average Bonchev–Trinajstić information content (AvgIpc) is 2.86. The van der Waals surface area contributed by atoms with Crippen molar-refractivity contribution in [3.8, 4) is 5.69 Å². The topological polar surface area (TPSA) is 77.2 Å². The molecule has 0 saturated heterocycles. The zero-order valence-corrected chi connectivity index (χ0v) is 10.4. The van der Waals surface area contributed by atoms with Crippen molar-refractivity contribution < 1.29 is 19.0 Å². The van der Waals surface area contributed by atoms with E-state index in [1.165, 1.54) is 37.2 Å². The molecule has 0 bridgehead atoms. The number of ether oxygens (including phenoxy) is 1. The fraction of sp³-hybridized carbons (Fsp3) is 0.250. The van der Waals surface area contributed by atoms with E-state index in [2.05, 4.69) is 14.8 Å². The molecule has 0 aliphatic heterocycles. The van der Waals surface area contributed by atoms with Gasteiger partial charge in [0.15, 0.2) is 0 Å². The van der Waals surface area contributed by atoms with Crippen LogP contribution in [0.15, 0.2) is 24.5 Å². The second kappa shape index (κ2) is 5.15. The number of aliphatic hydroxyl groups is 1. The maximum absolute atomic E-state index is 13.7. The Morgan fingerprint density at radius 2 is 2.26 bits per heavy atom. The van der Waals surface area contributed by atoms with Gasteiger partial charge in [-0.2, -0.15) is 0 Å². The quantitative estimate of drug-likeness (QED) is 0.845. The molecule has 2 aromatic rings. The van der Waals surface area contributed by atoms with Gasteiger partial charge in [0.05, 0.1) is 18.9 Å². The molecule has 0 unspecified atom stereocenters. The van der Waals surface area contributed by atoms with Gasteiger partial charge in [0.1, 0.15) is 12.1 Å². The molecule has 0 saturated carbocycles. The third-order valence-electron chi connectivity index (χ3n) is 2.55. The number of methoxy groups -OCH3 is 1. The summed E-state index contributed by atoms with van der Waals surface area (Å²) in [6.45, 7) is 1.44. The second-order valence-electron chi connectivity index (χ2n) is 3.85. The normalized spacial score (nSPS) is 12.2. The van der Waals surface area contributed by atoms with Crippen LogP contribution in [-0.4, -0.2) is 33.0 Å². The van der Waals surface area contributed by atoms with Crippen molar-refractivity contribution in [1.82, 2.24) is 14.8 Å². The summed E-state index contributed by atoms with van der Waals surface area (Å²) in [6.07, 6.45) is 0.245. The Bertz CT molecular complexity index is 610. The van der Waals surface area contributed by atoms with Crippen LogP contribution in [0.5, 0.6) is 0 Å². The molecule has 1 N–H and O–H groups in total. The lowest BCUT2D eigenvalue weighted by Gasteiger charge is -2.12. The van der Waals surface area contributed by atoms with Crippen molar-refractivity contribution in [3.05, 3.63) is 41.7 Å². The van der Waals surface area contributed by atoms with Gasteiger partial charge in [-0.05, 0) is 19.1 Å². The van der Waals surface area contributed by atoms with Crippen LogP contribution in [0.2, 0.25) is 0 Å². The average molecular weight is 265 g/mol. The number of carbonyl (C=O) groups is 1. The first-order valence-corrected chi connectivity index (χ1v) is 5.51. The molecule has 0 amide bonds. The van der Waals surface area contributed by atoms with Crippen LogP contribution in [0.3, 0.4) is 0 Å². The van der Waals surface area contributed by atoms with Crippen molar-refractivity contribution in [2.45, 2.75) is 13.0 Å². The number of carbonyl (C=O) groups excluding carboxylic acids is 1. The number of rotatable bonds is 3. The molecule has 6 nitrogen and oxygen atoms in total. The third-order valence-corrected chi connectivity index (χ3v) is 2.55.